The Balaban J connectivity index is 1.41. The van der Waals surface area contributed by atoms with Gasteiger partial charge in [0.2, 0.25) is 5.91 Å². The number of hydrogen-bond donors (Lipinski definition) is 3. The number of nitrogens with one attached hydrogen (secondary N) is 1. The number of fused-ring (bicyclic) bond motifs is 1. The summed E-state index contributed by atoms with van der Waals surface area (Å²) in [5, 5.41) is 3.02. The van der Waals surface area contributed by atoms with Crippen LogP contribution in [0.4, 0.5) is 20.2 Å². The van der Waals surface area contributed by atoms with Gasteiger partial charge in [0.1, 0.15) is 12.1 Å². The van der Waals surface area contributed by atoms with Gasteiger partial charge in [-0.05, 0) is 101 Å². The van der Waals surface area contributed by atoms with Crippen molar-refractivity contribution in [3.8, 4) is 0 Å². The van der Waals surface area contributed by atoms with E-state index in [1.807, 2.05) is 54.6 Å². The van der Waals surface area contributed by atoms with E-state index in [-0.39, 0.29) is 16.2 Å². The maximum Gasteiger partial charge on any atom is 0.399 e. The molecule has 0 aliphatic carbocycles. The van der Waals surface area contributed by atoms with Gasteiger partial charge >= 0.3 is 13.3 Å². The Hall–Kier alpha value is -3.23. The zero-order valence-corrected chi connectivity index (χ0v) is 29.6. The molecule has 4 aromatic rings. The van der Waals surface area contributed by atoms with E-state index in [0.717, 1.165) is 27.0 Å². The molecule has 0 spiro atoms. The molecule has 2 atom stereocenters. The number of alkyl halides is 2. The number of carbonyl (C=O) groups excluding carboxylic acids is 3. The summed E-state index contributed by atoms with van der Waals surface area (Å²) in [5.41, 5.74) is -4.72. The molecule has 2 unspecified atom stereocenters. The molecule has 248 valence electrons. The summed E-state index contributed by atoms with van der Waals surface area (Å²) >= 11 is 3.19. The maximum absolute atomic E-state index is 14.3. The highest BCUT2D eigenvalue weighted by Gasteiger charge is 2.50. The highest BCUT2D eigenvalue weighted by molar-refractivity contribution is 14.1. The Labute approximate surface area is 288 Å². The van der Waals surface area contributed by atoms with Crippen molar-refractivity contribution in [3.05, 3.63) is 92.9 Å². The first-order valence-electron chi connectivity index (χ1n) is 14.7. The summed E-state index contributed by atoms with van der Waals surface area (Å²) in [6.45, 7) is 5.72. The van der Waals surface area contributed by atoms with Gasteiger partial charge in [0.05, 0.1) is 4.88 Å². The second-order valence-electron chi connectivity index (χ2n) is 12.4. The summed E-state index contributed by atoms with van der Waals surface area (Å²) < 4.78 is 41.5. The van der Waals surface area contributed by atoms with Crippen LogP contribution >= 0.6 is 41.5 Å². The van der Waals surface area contributed by atoms with Crippen LogP contribution in [0.1, 0.15) is 48.8 Å². The number of carbonyl (C=O) groups is 3. The van der Waals surface area contributed by atoms with Gasteiger partial charge in [-0.3, -0.25) is 23.8 Å². The van der Waals surface area contributed by atoms with E-state index in [4.69, 9.17) is 9.79 Å². The fourth-order valence-electron chi connectivity index (χ4n) is 5.53. The Kier molecular flexibility index (Phi) is 9.96. The zero-order valence-electron chi connectivity index (χ0n) is 25.7. The molecule has 3 amide bonds. The molecule has 3 N–H and O–H groups in total. The first kappa shape index (κ1) is 35.1. The summed E-state index contributed by atoms with van der Waals surface area (Å²) in [6, 6.07) is 19.4. The molecule has 1 saturated heterocycles. The predicted molar refractivity (Wildman–Crippen MR) is 186 cm³/mol. The van der Waals surface area contributed by atoms with Gasteiger partial charge in [-0.1, -0.05) is 45.0 Å². The predicted octanol–water partition coefficient (Wildman–Crippen LogP) is 7.23. The fraction of sp³-hybridized carbons (Fsp3) is 0.303. The van der Waals surface area contributed by atoms with Gasteiger partial charge in [-0.15, -0.1) is 11.3 Å². The van der Waals surface area contributed by atoms with Crippen LogP contribution in [0.25, 0.3) is 10.1 Å². The molecule has 0 bridgehead atoms. The molecule has 1 aromatic heterocycles. The topological polar surface area (TPSA) is 127 Å². The van der Waals surface area contributed by atoms with E-state index < -0.39 is 48.1 Å². The Morgan fingerprint density at radius 2 is 1.64 bits per heavy atom. The number of anilines is 2. The zero-order chi connectivity index (χ0) is 34.3. The number of nitrogens with zero attached hydrogens (tertiary/aromatic N) is 2. The monoisotopic (exact) mass is 795 g/mol. The number of amides is 3. The minimum Gasteiger partial charge on any atom is -0.339 e. The standard InChI is InChI=1S/C33H33F2IN3O6PS/c1-32(2,3)28(37-29(40)27-19-20-18-21(11-16-26(20)47-27)33(34,35)46(43,44)45)31(42)38-17-7-10-25(38)30(41)39(23-8-5-4-6-9-23)24-14-12-22(36)13-15-24/h4-6,8-9,11-16,18-19,25,28H,7,10,17H2,1-3H3,(H,37,40)(H2,43,44,45). The molecule has 5 rings (SSSR count). The first-order valence-corrected chi connectivity index (χ1v) is 18.2. The Morgan fingerprint density at radius 3 is 2.26 bits per heavy atom. The first-order chi connectivity index (χ1) is 22.0. The van der Waals surface area contributed by atoms with Crippen molar-refractivity contribution in [1.82, 2.24) is 10.2 Å². The lowest BCUT2D eigenvalue weighted by atomic mass is 9.85. The quantitative estimate of drug-likeness (QED) is 0.128. The Morgan fingerprint density at radius 1 is 1.00 bits per heavy atom. The minimum absolute atomic E-state index is 0.127. The number of thiophene rings is 1. The molecular weight excluding hydrogens is 762 g/mol. The van der Waals surface area contributed by atoms with Crippen LogP contribution in [0.2, 0.25) is 0 Å². The average Bonchev–Trinajstić information content (AvgIpc) is 3.67. The summed E-state index contributed by atoms with van der Waals surface area (Å²) in [6.07, 6.45) is 1.04. The number of rotatable bonds is 8. The van der Waals surface area contributed by atoms with Crippen LogP contribution in [0, 0.1) is 8.99 Å². The smallest absolute Gasteiger partial charge is 0.339 e. The number of para-hydroxylation sites is 1. The van der Waals surface area contributed by atoms with Gasteiger partial charge in [-0.2, -0.15) is 8.78 Å². The third-order valence-electron chi connectivity index (χ3n) is 7.98. The van der Waals surface area contributed by atoms with Crippen molar-refractivity contribution >= 4 is 80.7 Å². The van der Waals surface area contributed by atoms with Crippen molar-refractivity contribution in [2.75, 3.05) is 11.4 Å². The number of likely N-dealkylation sites (tertiary alicyclic amines) is 1. The molecule has 1 aliphatic heterocycles. The molecule has 0 saturated carbocycles. The van der Waals surface area contributed by atoms with E-state index >= 15 is 0 Å². The fourth-order valence-corrected chi connectivity index (χ4v) is 7.32. The average molecular weight is 796 g/mol. The second-order valence-corrected chi connectivity index (χ2v) is 16.4. The third-order valence-corrected chi connectivity index (χ3v) is 10.8. The lowest BCUT2D eigenvalue weighted by Crippen LogP contribution is -2.57. The Bertz CT molecular complexity index is 1860. The highest BCUT2D eigenvalue weighted by atomic mass is 127. The molecule has 2 heterocycles. The molecule has 9 nitrogen and oxygen atoms in total. The molecule has 1 fully saturated rings. The molecular formula is C33H33F2IN3O6PS. The lowest BCUT2D eigenvalue weighted by Gasteiger charge is -2.36. The SMILES string of the molecule is CC(C)(C)C(NC(=O)c1cc2cc(C(F)(F)P(=O)(O)O)ccc2s1)C(=O)N1CCCC1C(=O)N(c1ccccc1)c1ccc(I)cc1. The summed E-state index contributed by atoms with van der Waals surface area (Å²) in [5.74, 6) is -1.30. The molecule has 3 aromatic carbocycles. The van der Waals surface area contributed by atoms with Crippen LogP contribution in [-0.4, -0.2) is 51.0 Å². The van der Waals surface area contributed by atoms with Gasteiger partial charge < -0.3 is 20.0 Å². The van der Waals surface area contributed by atoms with Crippen LogP contribution in [0.15, 0.2) is 78.9 Å². The van der Waals surface area contributed by atoms with Crippen LogP contribution in [0.5, 0.6) is 0 Å². The third kappa shape index (κ3) is 7.29. The van der Waals surface area contributed by atoms with Crippen molar-refractivity contribution in [2.24, 2.45) is 5.41 Å². The van der Waals surface area contributed by atoms with Crippen molar-refractivity contribution < 1.29 is 37.5 Å². The van der Waals surface area contributed by atoms with Crippen LogP contribution in [0.3, 0.4) is 0 Å². The second kappa shape index (κ2) is 13.3. The highest BCUT2D eigenvalue weighted by Crippen LogP contribution is 2.59. The van der Waals surface area contributed by atoms with E-state index in [1.54, 1.807) is 25.7 Å². The number of hydrogen-bond acceptors (Lipinski definition) is 5. The summed E-state index contributed by atoms with van der Waals surface area (Å²) in [4.78, 5) is 63.5. The maximum atomic E-state index is 14.3. The van der Waals surface area contributed by atoms with Gasteiger partial charge in [0, 0.05) is 31.8 Å². The molecule has 47 heavy (non-hydrogen) atoms. The van der Waals surface area contributed by atoms with Gasteiger partial charge in [0.15, 0.2) is 0 Å². The minimum atomic E-state index is -5.77. The largest absolute Gasteiger partial charge is 0.399 e. The van der Waals surface area contributed by atoms with E-state index in [9.17, 15) is 27.7 Å². The van der Waals surface area contributed by atoms with Gasteiger partial charge in [0.25, 0.3) is 11.8 Å². The molecule has 1 aliphatic rings. The number of benzene rings is 3. The number of halogens is 3. The summed E-state index contributed by atoms with van der Waals surface area (Å²) in [7, 11) is -5.77. The van der Waals surface area contributed by atoms with Crippen molar-refractivity contribution in [2.45, 2.75) is 51.4 Å². The molecule has 0 radical (unpaired) electrons. The van der Waals surface area contributed by atoms with Gasteiger partial charge in [-0.25, -0.2) is 0 Å². The van der Waals surface area contributed by atoms with E-state index in [0.29, 0.717) is 35.5 Å². The molecule has 14 heteroatoms. The van der Waals surface area contributed by atoms with Crippen molar-refractivity contribution in [1.29, 1.82) is 0 Å². The van der Waals surface area contributed by atoms with Crippen LogP contribution in [-0.2, 0) is 19.8 Å². The normalized spacial score (nSPS) is 16.3. The van der Waals surface area contributed by atoms with Crippen LogP contribution < -0.4 is 10.2 Å². The van der Waals surface area contributed by atoms with E-state index in [2.05, 4.69) is 27.9 Å². The lowest BCUT2D eigenvalue weighted by molar-refractivity contribution is -0.140. The van der Waals surface area contributed by atoms with E-state index in [1.165, 1.54) is 17.0 Å². The van der Waals surface area contributed by atoms with Crippen molar-refractivity contribution in [3.63, 3.8) is 0 Å².